The smallest absolute Gasteiger partial charge is 0.00712 e. The lowest BCUT2D eigenvalue weighted by molar-refractivity contribution is 0.834. The van der Waals surface area contributed by atoms with Gasteiger partial charge in [-0.3, -0.25) is 0 Å². The third-order valence-corrected chi connectivity index (χ3v) is 2.55. The van der Waals surface area contributed by atoms with Gasteiger partial charge in [0.1, 0.15) is 0 Å². The second-order valence-corrected chi connectivity index (χ2v) is 2.89. The van der Waals surface area contributed by atoms with Crippen LogP contribution in [-0.4, -0.2) is 0 Å². The highest BCUT2D eigenvalue weighted by Gasteiger charge is 2.64. The van der Waals surface area contributed by atoms with Gasteiger partial charge in [0, 0.05) is 11.3 Å². The molecule has 1 unspecified atom stereocenters. The first kappa shape index (κ1) is 4.37. The highest BCUT2D eigenvalue weighted by molar-refractivity contribution is 5.45. The van der Waals surface area contributed by atoms with Gasteiger partial charge >= 0.3 is 0 Å². The maximum absolute atomic E-state index is 3.96. The zero-order valence-electron chi connectivity index (χ0n) is 4.98. The zero-order chi connectivity index (χ0) is 5.78. The highest BCUT2D eigenvalue weighted by atomic mass is 14.7. The van der Waals surface area contributed by atoms with Crippen LogP contribution in [0.4, 0.5) is 0 Å². The van der Waals surface area contributed by atoms with Crippen molar-refractivity contribution in [2.45, 2.75) is 12.8 Å². The van der Waals surface area contributed by atoms with E-state index in [0.717, 1.165) is 0 Å². The van der Waals surface area contributed by atoms with Crippen LogP contribution < -0.4 is 0 Å². The quantitative estimate of drug-likeness (QED) is 0.449. The Bertz CT molecular complexity index is 161. The Kier molecular flexibility index (Phi) is 0.507. The van der Waals surface area contributed by atoms with Crippen molar-refractivity contribution >= 4 is 0 Å². The molecule has 0 bridgehead atoms. The van der Waals surface area contributed by atoms with Crippen molar-refractivity contribution in [3.63, 3.8) is 0 Å². The molecule has 0 radical (unpaired) electrons. The van der Waals surface area contributed by atoms with Gasteiger partial charge in [-0.2, -0.15) is 0 Å². The Morgan fingerprint density at radius 2 is 2.25 bits per heavy atom. The van der Waals surface area contributed by atoms with E-state index >= 15 is 0 Å². The first-order chi connectivity index (χ1) is 3.81. The monoisotopic (exact) mass is 106 g/mol. The molecule has 0 aromatic rings. The predicted octanol–water partition coefficient (Wildman–Crippen LogP) is 2.14. The van der Waals surface area contributed by atoms with Crippen LogP contribution in [0.1, 0.15) is 12.8 Å². The molecule has 0 aromatic carbocycles. The summed E-state index contributed by atoms with van der Waals surface area (Å²) in [6, 6.07) is 0. The molecule has 2 aliphatic carbocycles. The molecule has 0 aliphatic heterocycles. The van der Waals surface area contributed by atoms with Gasteiger partial charge in [0.2, 0.25) is 0 Å². The lowest BCUT2D eigenvalue weighted by atomic mass is 10.3. The van der Waals surface area contributed by atoms with Crippen LogP contribution in [0.25, 0.3) is 0 Å². The van der Waals surface area contributed by atoms with Gasteiger partial charge in [-0.25, -0.2) is 0 Å². The Labute approximate surface area is 49.9 Å². The Hall–Kier alpha value is -0.520. The minimum atomic E-state index is 0.613. The van der Waals surface area contributed by atoms with Gasteiger partial charge in [-0.1, -0.05) is 18.2 Å². The standard InChI is InChI=1S/C8H10/c1-3-7-6(2)8(7)4-5-8/h3,7H,1-2,4-5H2. The van der Waals surface area contributed by atoms with Gasteiger partial charge < -0.3 is 0 Å². The van der Waals surface area contributed by atoms with E-state index in [0.29, 0.717) is 11.3 Å². The molecular formula is C8H10. The maximum atomic E-state index is 3.96. The molecule has 2 aliphatic rings. The van der Waals surface area contributed by atoms with Crippen molar-refractivity contribution in [1.29, 1.82) is 0 Å². The van der Waals surface area contributed by atoms with Gasteiger partial charge in [0.25, 0.3) is 0 Å². The van der Waals surface area contributed by atoms with Crippen molar-refractivity contribution in [2.75, 3.05) is 0 Å². The molecule has 0 heteroatoms. The summed E-state index contributed by atoms with van der Waals surface area (Å²) in [4.78, 5) is 0. The molecule has 1 atom stereocenters. The highest BCUT2D eigenvalue weighted by Crippen LogP contribution is 2.74. The van der Waals surface area contributed by atoms with Crippen LogP contribution in [0.15, 0.2) is 24.8 Å². The van der Waals surface area contributed by atoms with Crippen LogP contribution in [0.2, 0.25) is 0 Å². The Balaban J connectivity index is 2.25. The summed E-state index contributed by atoms with van der Waals surface area (Å²) >= 11 is 0. The van der Waals surface area contributed by atoms with Crippen LogP contribution >= 0.6 is 0 Å². The third kappa shape index (κ3) is 0.262. The molecule has 0 aromatic heterocycles. The van der Waals surface area contributed by atoms with E-state index in [4.69, 9.17) is 0 Å². The molecule has 1 spiro atoms. The Morgan fingerprint density at radius 1 is 1.62 bits per heavy atom. The molecule has 0 nitrogen and oxygen atoms in total. The molecule has 2 saturated carbocycles. The average Bonchev–Trinajstić information content (AvgIpc) is 2.57. The molecule has 42 valence electrons. The van der Waals surface area contributed by atoms with E-state index < -0.39 is 0 Å². The summed E-state index contributed by atoms with van der Waals surface area (Å²) in [7, 11) is 0. The normalized spacial score (nSPS) is 37.5. The second-order valence-electron chi connectivity index (χ2n) is 2.89. The van der Waals surface area contributed by atoms with Crippen LogP contribution in [0.3, 0.4) is 0 Å². The minimum absolute atomic E-state index is 0.613. The van der Waals surface area contributed by atoms with Crippen LogP contribution in [-0.2, 0) is 0 Å². The largest absolute Gasteiger partial charge is 0.102 e. The first-order valence-electron chi connectivity index (χ1n) is 3.13. The fourth-order valence-electron chi connectivity index (χ4n) is 1.66. The number of rotatable bonds is 1. The van der Waals surface area contributed by atoms with E-state index in [9.17, 15) is 0 Å². The van der Waals surface area contributed by atoms with E-state index in [1.807, 2.05) is 6.08 Å². The molecule has 2 rings (SSSR count). The number of hydrogen-bond donors (Lipinski definition) is 0. The summed E-state index contributed by atoms with van der Waals surface area (Å²) in [5, 5.41) is 0. The van der Waals surface area contributed by atoms with Gasteiger partial charge in [-0.15, -0.1) is 6.58 Å². The molecule has 0 heterocycles. The maximum Gasteiger partial charge on any atom is 0.00712 e. The lowest BCUT2D eigenvalue weighted by Crippen LogP contribution is -1.68. The number of hydrogen-bond acceptors (Lipinski definition) is 0. The minimum Gasteiger partial charge on any atom is -0.102 e. The fraction of sp³-hybridized carbons (Fsp3) is 0.500. The van der Waals surface area contributed by atoms with Crippen molar-refractivity contribution in [1.82, 2.24) is 0 Å². The van der Waals surface area contributed by atoms with E-state index in [2.05, 4.69) is 13.2 Å². The van der Waals surface area contributed by atoms with E-state index in [-0.39, 0.29) is 0 Å². The van der Waals surface area contributed by atoms with Crippen molar-refractivity contribution in [3.8, 4) is 0 Å². The fourth-order valence-corrected chi connectivity index (χ4v) is 1.66. The summed E-state index contributed by atoms with van der Waals surface area (Å²) in [6.07, 6.45) is 4.79. The average molecular weight is 106 g/mol. The van der Waals surface area contributed by atoms with Gasteiger partial charge in [0.15, 0.2) is 0 Å². The van der Waals surface area contributed by atoms with E-state index in [1.165, 1.54) is 18.4 Å². The predicted molar refractivity (Wildman–Crippen MR) is 34.5 cm³/mol. The van der Waals surface area contributed by atoms with Gasteiger partial charge in [0.05, 0.1) is 0 Å². The van der Waals surface area contributed by atoms with Crippen LogP contribution in [0, 0.1) is 11.3 Å². The summed E-state index contributed by atoms with van der Waals surface area (Å²) in [5.74, 6) is 0.697. The molecule has 2 fully saturated rings. The topological polar surface area (TPSA) is 0 Å². The number of allylic oxidation sites excluding steroid dienone is 2. The SMILES string of the molecule is C=CC1C(=C)C12CC2. The van der Waals surface area contributed by atoms with Crippen LogP contribution in [0.5, 0.6) is 0 Å². The van der Waals surface area contributed by atoms with Crippen molar-refractivity contribution in [2.24, 2.45) is 11.3 Å². The second kappa shape index (κ2) is 0.928. The molecule has 0 saturated heterocycles. The Morgan fingerprint density at radius 3 is 2.38 bits per heavy atom. The molecular weight excluding hydrogens is 96.1 g/mol. The third-order valence-electron chi connectivity index (χ3n) is 2.55. The van der Waals surface area contributed by atoms with Gasteiger partial charge in [-0.05, 0) is 12.8 Å². The lowest BCUT2D eigenvalue weighted by Gasteiger charge is -1.74. The summed E-state index contributed by atoms with van der Waals surface area (Å²) in [6.45, 7) is 7.71. The molecule has 0 N–H and O–H groups in total. The first-order valence-corrected chi connectivity index (χ1v) is 3.13. The van der Waals surface area contributed by atoms with E-state index in [1.54, 1.807) is 0 Å². The zero-order valence-corrected chi connectivity index (χ0v) is 4.98. The summed E-state index contributed by atoms with van der Waals surface area (Å²) in [5.41, 5.74) is 2.05. The van der Waals surface area contributed by atoms with Crippen molar-refractivity contribution in [3.05, 3.63) is 24.8 Å². The molecule has 8 heavy (non-hydrogen) atoms. The molecule has 0 amide bonds. The van der Waals surface area contributed by atoms with Crippen molar-refractivity contribution < 1.29 is 0 Å². The summed E-state index contributed by atoms with van der Waals surface area (Å²) < 4.78 is 0.